The van der Waals surface area contributed by atoms with E-state index >= 15 is 0 Å². The molecule has 0 radical (unpaired) electrons. The van der Waals surface area contributed by atoms with Gasteiger partial charge < -0.3 is 16.4 Å². The Bertz CT molecular complexity index is 487. The molecule has 0 aliphatic carbocycles. The minimum absolute atomic E-state index is 0.0593. The Hall–Kier alpha value is -2.37. The van der Waals surface area contributed by atoms with Crippen molar-refractivity contribution in [1.82, 2.24) is 10.6 Å². The highest BCUT2D eigenvalue weighted by Gasteiger charge is 2.33. The molecule has 0 aliphatic heterocycles. The van der Waals surface area contributed by atoms with E-state index in [2.05, 4.69) is 10.6 Å². The molecule has 0 heterocycles. The van der Waals surface area contributed by atoms with Crippen LogP contribution in [-0.2, 0) is 9.59 Å². The van der Waals surface area contributed by atoms with Crippen LogP contribution in [0.4, 0.5) is 0 Å². The monoisotopic (exact) mass is 263 g/mol. The van der Waals surface area contributed by atoms with Gasteiger partial charge in [0.1, 0.15) is 5.54 Å². The number of benzene rings is 1. The minimum Gasteiger partial charge on any atom is -0.368 e. The molecule has 0 aliphatic rings. The summed E-state index contributed by atoms with van der Waals surface area (Å²) in [6.07, 6.45) is 0. The second kappa shape index (κ2) is 5.99. The van der Waals surface area contributed by atoms with E-state index < -0.39 is 17.4 Å². The van der Waals surface area contributed by atoms with Crippen LogP contribution in [-0.4, -0.2) is 29.8 Å². The van der Waals surface area contributed by atoms with E-state index in [1.165, 1.54) is 13.8 Å². The van der Waals surface area contributed by atoms with Crippen molar-refractivity contribution < 1.29 is 14.4 Å². The van der Waals surface area contributed by atoms with Crippen LogP contribution in [0.25, 0.3) is 0 Å². The molecule has 0 saturated heterocycles. The highest BCUT2D eigenvalue weighted by Crippen LogP contribution is 2.05. The smallest absolute Gasteiger partial charge is 0.252 e. The van der Waals surface area contributed by atoms with Crippen LogP contribution in [0, 0.1) is 0 Å². The van der Waals surface area contributed by atoms with Crippen LogP contribution in [0.2, 0.25) is 0 Å². The third-order valence-electron chi connectivity index (χ3n) is 2.66. The summed E-state index contributed by atoms with van der Waals surface area (Å²) in [5.74, 6) is -1.45. The molecule has 1 aromatic rings. The molecule has 1 atom stereocenters. The molecule has 1 rings (SSSR count). The Balaban J connectivity index is 2.81. The van der Waals surface area contributed by atoms with E-state index in [9.17, 15) is 14.4 Å². The maximum absolute atomic E-state index is 12.0. The van der Waals surface area contributed by atoms with Crippen molar-refractivity contribution in [3.05, 3.63) is 35.9 Å². The Labute approximate surface area is 111 Å². The van der Waals surface area contributed by atoms with E-state index in [-0.39, 0.29) is 12.5 Å². The predicted molar refractivity (Wildman–Crippen MR) is 70.2 cm³/mol. The van der Waals surface area contributed by atoms with Crippen LogP contribution >= 0.6 is 0 Å². The van der Waals surface area contributed by atoms with Crippen molar-refractivity contribution in [2.75, 3.05) is 6.54 Å². The van der Waals surface area contributed by atoms with E-state index in [0.717, 1.165) is 0 Å². The molecule has 1 unspecified atom stereocenters. The molecular formula is C13H17N3O3. The number of carbonyl (C=O) groups excluding carboxylic acids is 3. The fraction of sp³-hybridized carbons (Fsp3) is 0.308. The number of rotatable bonds is 5. The lowest BCUT2D eigenvalue weighted by atomic mass is 10.0. The first-order valence-electron chi connectivity index (χ1n) is 5.77. The number of amides is 3. The number of carbonyl (C=O) groups is 3. The number of hydrogen-bond donors (Lipinski definition) is 3. The van der Waals surface area contributed by atoms with E-state index in [0.29, 0.717) is 5.56 Å². The minimum atomic E-state index is -1.33. The van der Waals surface area contributed by atoms with Crippen molar-refractivity contribution in [2.45, 2.75) is 19.4 Å². The van der Waals surface area contributed by atoms with Crippen LogP contribution in [0.15, 0.2) is 30.3 Å². The summed E-state index contributed by atoms with van der Waals surface area (Å²) >= 11 is 0. The summed E-state index contributed by atoms with van der Waals surface area (Å²) < 4.78 is 0. The van der Waals surface area contributed by atoms with Gasteiger partial charge in [-0.05, 0) is 19.1 Å². The lowest BCUT2D eigenvalue weighted by Gasteiger charge is -2.27. The summed E-state index contributed by atoms with van der Waals surface area (Å²) in [4.78, 5) is 34.3. The van der Waals surface area contributed by atoms with Gasteiger partial charge in [0.05, 0.1) is 0 Å². The van der Waals surface area contributed by atoms with Gasteiger partial charge >= 0.3 is 0 Å². The Morgan fingerprint density at radius 2 is 1.79 bits per heavy atom. The molecule has 4 N–H and O–H groups in total. The SMILES string of the molecule is CC(=O)NCC(C)(NC(=O)c1ccccc1)C(N)=O. The Morgan fingerprint density at radius 3 is 2.26 bits per heavy atom. The lowest BCUT2D eigenvalue weighted by Crippen LogP contribution is -2.61. The molecule has 0 fully saturated rings. The van der Waals surface area contributed by atoms with Gasteiger partial charge in [-0.1, -0.05) is 18.2 Å². The summed E-state index contributed by atoms with van der Waals surface area (Å²) in [6.45, 7) is 2.72. The van der Waals surface area contributed by atoms with Gasteiger partial charge in [0.25, 0.3) is 5.91 Å². The second-order valence-corrected chi connectivity index (χ2v) is 4.43. The first-order chi connectivity index (χ1) is 8.85. The zero-order valence-electron chi connectivity index (χ0n) is 10.9. The maximum Gasteiger partial charge on any atom is 0.252 e. The topological polar surface area (TPSA) is 101 Å². The van der Waals surface area contributed by atoms with Crippen LogP contribution < -0.4 is 16.4 Å². The van der Waals surface area contributed by atoms with E-state index in [1.54, 1.807) is 30.3 Å². The fourth-order valence-electron chi connectivity index (χ4n) is 1.41. The molecule has 6 nitrogen and oxygen atoms in total. The number of nitrogens with two attached hydrogens (primary N) is 1. The standard InChI is InChI=1S/C13H17N3O3/c1-9(17)15-8-13(2,12(14)19)16-11(18)10-6-4-3-5-7-10/h3-7H,8H2,1-2H3,(H2,14,19)(H,15,17)(H,16,18). The van der Waals surface area contributed by atoms with Gasteiger partial charge in [0.2, 0.25) is 11.8 Å². The number of primary amides is 1. The molecular weight excluding hydrogens is 246 g/mol. The molecule has 3 amide bonds. The van der Waals surface area contributed by atoms with Crippen molar-refractivity contribution in [2.24, 2.45) is 5.73 Å². The summed E-state index contributed by atoms with van der Waals surface area (Å²) in [5, 5.41) is 5.01. The summed E-state index contributed by atoms with van der Waals surface area (Å²) in [5.41, 5.74) is 4.36. The molecule has 0 bridgehead atoms. The van der Waals surface area contributed by atoms with Crippen LogP contribution in [0.3, 0.4) is 0 Å². The highest BCUT2D eigenvalue weighted by molar-refractivity contribution is 5.99. The Kier molecular flexibility index (Phi) is 4.63. The molecule has 0 spiro atoms. The Morgan fingerprint density at radius 1 is 1.21 bits per heavy atom. The van der Waals surface area contributed by atoms with Gasteiger partial charge in [-0.2, -0.15) is 0 Å². The zero-order valence-corrected chi connectivity index (χ0v) is 10.9. The molecule has 6 heteroatoms. The van der Waals surface area contributed by atoms with Crippen molar-refractivity contribution in [3.63, 3.8) is 0 Å². The molecule has 1 aromatic carbocycles. The zero-order chi connectivity index (χ0) is 14.5. The van der Waals surface area contributed by atoms with Gasteiger partial charge in [0.15, 0.2) is 0 Å². The average molecular weight is 263 g/mol. The average Bonchev–Trinajstić information content (AvgIpc) is 2.37. The molecule has 0 aromatic heterocycles. The first kappa shape index (κ1) is 14.7. The van der Waals surface area contributed by atoms with Gasteiger partial charge in [-0.25, -0.2) is 0 Å². The fourth-order valence-corrected chi connectivity index (χ4v) is 1.41. The van der Waals surface area contributed by atoms with E-state index in [1.807, 2.05) is 0 Å². The van der Waals surface area contributed by atoms with Crippen LogP contribution in [0.1, 0.15) is 24.2 Å². The summed E-state index contributed by atoms with van der Waals surface area (Å²) in [7, 11) is 0. The maximum atomic E-state index is 12.0. The third-order valence-corrected chi connectivity index (χ3v) is 2.66. The molecule has 102 valence electrons. The number of nitrogens with one attached hydrogen (secondary N) is 2. The third kappa shape index (κ3) is 4.09. The normalized spacial score (nSPS) is 13.2. The largest absolute Gasteiger partial charge is 0.368 e. The van der Waals surface area contributed by atoms with Gasteiger partial charge in [0, 0.05) is 19.0 Å². The molecule has 19 heavy (non-hydrogen) atoms. The highest BCUT2D eigenvalue weighted by atomic mass is 16.2. The van der Waals surface area contributed by atoms with Crippen molar-refractivity contribution in [1.29, 1.82) is 0 Å². The van der Waals surface area contributed by atoms with Crippen LogP contribution in [0.5, 0.6) is 0 Å². The van der Waals surface area contributed by atoms with E-state index in [4.69, 9.17) is 5.73 Å². The van der Waals surface area contributed by atoms with Gasteiger partial charge in [-0.3, -0.25) is 14.4 Å². The van der Waals surface area contributed by atoms with Crippen molar-refractivity contribution in [3.8, 4) is 0 Å². The second-order valence-electron chi connectivity index (χ2n) is 4.43. The quantitative estimate of drug-likeness (QED) is 0.685. The first-order valence-corrected chi connectivity index (χ1v) is 5.77. The lowest BCUT2D eigenvalue weighted by molar-refractivity contribution is -0.124. The van der Waals surface area contributed by atoms with Crippen molar-refractivity contribution >= 4 is 17.7 Å². The predicted octanol–water partition coefficient (Wildman–Crippen LogP) is -0.204. The summed E-state index contributed by atoms with van der Waals surface area (Å²) in [6, 6.07) is 8.44. The van der Waals surface area contributed by atoms with Gasteiger partial charge in [-0.15, -0.1) is 0 Å². The molecule has 0 saturated carbocycles. The number of hydrogen-bond acceptors (Lipinski definition) is 3.